The first-order chi connectivity index (χ1) is 13.0. The van der Waals surface area contributed by atoms with Crippen molar-refractivity contribution in [3.63, 3.8) is 0 Å². The van der Waals surface area contributed by atoms with E-state index in [1.807, 2.05) is 9.80 Å². The Morgan fingerprint density at radius 1 is 1.00 bits per heavy atom. The number of nitrogens with zero attached hydrogens (tertiary/aromatic N) is 3. The predicted octanol–water partition coefficient (Wildman–Crippen LogP) is 3.13. The zero-order chi connectivity index (χ0) is 19.4. The summed E-state index contributed by atoms with van der Waals surface area (Å²) in [4.78, 5) is 31.5. The molecule has 2 fully saturated rings. The molecule has 1 atom stereocenters. The van der Waals surface area contributed by atoms with Crippen LogP contribution in [0.3, 0.4) is 0 Å². The van der Waals surface area contributed by atoms with E-state index < -0.39 is 0 Å². The average molecular weight is 372 g/mol. The van der Waals surface area contributed by atoms with E-state index in [1.54, 1.807) is 0 Å². The molecule has 3 rings (SSSR count). The van der Waals surface area contributed by atoms with E-state index in [-0.39, 0.29) is 18.2 Å². The number of piperazine rings is 1. The summed E-state index contributed by atoms with van der Waals surface area (Å²) in [6.45, 7) is 10.3. The molecule has 2 aliphatic rings. The molecule has 0 aliphatic carbocycles. The molecule has 2 saturated heterocycles. The smallest absolute Gasteiger partial charge is 0.232 e. The summed E-state index contributed by atoms with van der Waals surface area (Å²) in [5.74, 6) is 0.00421. The number of hydrogen-bond acceptors (Lipinski definition) is 3. The van der Waals surface area contributed by atoms with E-state index in [2.05, 4.69) is 43.9 Å². The van der Waals surface area contributed by atoms with Crippen molar-refractivity contribution >= 4 is 17.5 Å². The third-order valence-electron chi connectivity index (χ3n) is 6.27. The van der Waals surface area contributed by atoms with Crippen LogP contribution in [-0.4, -0.2) is 60.4 Å². The van der Waals surface area contributed by atoms with Gasteiger partial charge in [0, 0.05) is 44.5 Å². The van der Waals surface area contributed by atoms with E-state index in [1.165, 1.54) is 23.2 Å². The van der Waals surface area contributed by atoms with Gasteiger partial charge in [-0.2, -0.15) is 0 Å². The quantitative estimate of drug-likeness (QED) is 0.764. The molecule has 5 nitrogen and oxygen atoms in total. The number of carbonyl (C=O) groups is 2. The highest BCUT2D eigenvalue weighted by atomic mass is 16.2. The van der Waals surface area contributed by atoms with Gasteiger partial charge >= 0.3 is 0 Å². The van der Waals surface area contributed by atoms with Crippen molar-refractivity contribution < 1.29 is 9.59 Å². The van der Waals surface area contributed by atoms with E-state index in [4.69, 9.17) is 0 Å². The van der Waals surface area contributed by atoms with Crippen LogP contribution < -0.4 is 4.90 Å². The van der Waals surface area contributed by atoms with Gasteiger partial charge in [-0.15, -0.1) is 0 Å². The van der Waals surface area contributed by atoms with Crippen molar-refractivity contribution in [1.29, 1.82) is 0 Å². The molecule has 5 heteroatoms. The molecule has 0 saturated carbocycles. The van der Waals surface area contributed by atoms with Crippen LogP contribution in [0.15, 0.2) is 18.2 Å². The van der Waals surface area contributed by atoms with Crippen LogP contribution in [-0.2, 0) is 9.59 Å². The topological polar surface area (TPSA) is 43.9 Å². The molecule has 0 aromatic heterocycles. The first-order valence-electron chi connectivity index (χ1n) is 10.4. The maximum Gasteiger partial charge on any atom is 0.232 e. The standard InChI is InChI=1S/C22H33N3O2/c1-4-19-9-5-6-11-25(19)22(27)16-21(26)24-14-12-23(13-15-24)20-10-7-8-17(2)18(20)3/h7-8,10,19H,4-6,9,11-16H2,1-3H3. The Balaban J connectivity index is 1.54. The van der Waals surface area contributed by atoms with Gasteiger partial charge in [0.2, 0.25) is 11.8 Å². The molecule has 1 aromatic carbocycles. The normalized spacial score (nSPS) is 20.7. The fourth-order valence-corrected chi connectivity index (χ4v) is 4.37. The Hall–Kier alpha value is -2.04. The van der Waals surface area contributed by atoms with Crippen molar-refractivity contribution in [2.75, 3.05) is 37.6 Å². The largest absolute Gasteiger partial charge is 0.368 e. The minimum Gasteiger partial charge on any atom is -0.368 e. The fraction of sp³-hybridized carbons (Fsp3) is 0.636. The lowest BCUT2D eigenvalue weighted by Crippen LogP contribution is -2.51. The lowest BCUT2D eigenvalue weighted by Gasteiger charge is -2.38. The summed E-state index contributed by atoms with van der Waals surface area (Å²) >= 11 is 0. The lowest BCUT2D eigenvalue weighted by atomic mass is 9.99. The average Bonchev–Trinajstić information content (AvgIpc) is 2.70. The van der Waals surface area contributed by atoms with Gasteiger partial charge in [-0.1, -0.05) is 19.1 Å². The summed E-state index contributed by atoms with van der Waals surface area (Å²) in [6, 6.07) is 6.70. The number of rotatable bonds is 4. The second-order valence-electron chi connectivity index (χ2n) is 7.91. The van der Waals surface area contributed by atoms with Crippen LogP contribution in [0.25, 0.3) is 0 Å². The molecular weight excluding hydrogens is 338 g/mol. The van der Waals surface area contributed by atoms with Gasteiger partial charge in [-0.3, -0.25) is 9.59 Å². The summed E-state index contributed by atoms with van der Waals surface area (Å²) in [6.07, 6.45) is 4.33. The summed E-state index contributed by atoms with van der Waals surface area (Å²) in [7, 11) is 0. The number of aryl methyl sites for hydroxylation is 1. The van der Waals surface area contributed by atoms with Crippen molar-refractivity contribution in [1.82, 2.24) is 9.80 Å². The van der Waals surface area contributed by atoms with Crippen molar-refractivity contribution in [3.8, 4) is 0 Å². The molecule has 0 bridgehead atoms. The zero-order valence-electron chi connectivity index (χ0n) is 17.0. The third kappa shape index (κ3) is 4.45. The molecule has 0 spiro atoms. The third-order valence-corrected chi connectivity index (χ3v) is 6.27. The number of piperidine rings is 1. The molecule has 1 unspecified atom stereocenters. The number of anilines is 1. The molecule has 2 amide bonds. The lowest BCUT2D eigenvalue weighted by molar-refractivity contribution is -0.143. The molecule has 148 valence electrons. The summed E-state index contributed by atoms with van der Waals surface area (Å²) < 4.78 is 0. The highest BCUT2D eigenvalue weighted by molar-refractivity contribution is 5.97. The van der Waals surface area contributed by atoms with Gasteiger partial charge in [0.15, 0.2) is 0 Å². The van der Waals surface area contributed by atoms with Gasteiger partial charge in [0.25, 0.3) is 0 Å². The Morgan fingerprint density at radius 2 is 1.74 bits per heavy atom. The molecular formula is C22H33N3O2. The molecule has 2 aliphatic heterocycles. The second kappa shape index (κ2) is 8.77. The van der Waals surface area contributed by atoms with Crippen LogP contribution >= 0.6 is 0 Å². The molecule has 0 radical (unpaired) electrons. The maximum absolute atomic E-state index is 12.7. The van der Waals surface area contributed by atoms with Gasteiger partial charge in [-0.25, -0.2) is 0 Å². The highest BCUT2D eigenvalue weighted by Gasteiger charge is 2.29. The van der Waals surface area contributed by atoms with E-state index in [0.717, 1.165) is 38.9 Å². The Morgan fingerprint density at radius 3 is 2.44 bits per heavy atom. The van der Waals surface area contributed by atoms with Gasteiger partial charge in [-0.05, 0) is 56.7 Å². The summed E-state index contributed by atoms with van der Waals surface area (Å²) in [5.41, 5.74) is 3.86. The monoisotopic (exact) mass is 371 g/mol. The zero-order valence-corrected chi connectivity index (χ0v) is 17.0. The van der Waals surface area contributed by atoms with E-state index in [0.29, 0.717) is 19.1 Å². The Labute approximate surface area is 163 Å². The van der Waals surface area contributed by atoms with Crippen LogP contribution in [0.5, 0.6) is 0 Å². The Bertz CT molecular complexity index is 680. The molecule has 2 heterocycles. The van der Waals surface area contributed by atoms with Crippen LogP contribution in [0.2, 0.25) is 0 Å². The number of benzene rings is 1. The second-order valence-corrected chi connectivity index (χ2v) is 7.91. The molecule has 0 N–H and O–H groups in total. The number of amides is 2. The van der Waals surface area contributed by atoms with E-state index >= 15 is 0 Å². The first-order valence-corrected chi connectivity index (χ1v) is 10.4. The predicted molar refractivity (Wildman–Crippen MR) is 109 cm³/mol. The van der Waals surface area contributed by atoms with Crippen molar-refractivity contribution in [2.24, 2.45) is 0 Å². The van der Waals surface area contributed by atoms with Crippen LogP contribution in [0.4, 0.5) is 5.69 Å². The van der Waals surface area contributed by atoms with Crippen molar-refractivity contribution in [2.45, 2.75) is 58.9 Å². The molecule has 1 aromatic rings. The highest BCUT2D eigenvalue weighted by Crippen LogP contribution is 2.24. The number of hydrogen-bond donors (Lipinski definition) is 0. The maximum atomic E-state index is 12.7. The van der Waals surface area contributed by atoms with Gasteiger partial charge in [0.1, 0.15) is 6.42 Å². The van der Waals surface area contributed by atoms with Gasteiger partial charge < -0.3 is 14.7 Å². The molecule has 27 heavy (non-hydrogen) atoms. The Kier molecular flexibility index (Phi) is 6.40. The van der Waals surface area contributed by atoms with Crippen molar-refractivity contribution in [3.05, 3.63) is 29.3 Å². The first kappa shape index (κ1) is 19.7. The number of carbonyl (C=O) groups excluding carboxylic acids is 2. The minimum atomic E-state index is -0.0129. The SMILES string of the molecule is CCC1CCCCN1C(=O)CC(=O)N1CCN(c2cccc(C)c2C)CC1. The minimum absolute atomic E-state index is 0.0129. The summed E-state index contributed by atoms with van der Waals surface area (Å²) in [5, 5.41) is 0. The number of likely N-dealkylation sites (tertiary alicyclic amines) is 1. The fourth-order valence-electron chi connectivity index (χ4n) is 4.37. The van der Waals surface area contributed by atoms with Gasteiger partial charge in [0.05, 0.1) is 0 Å². The van der Waals surface area contributed by atoms with E-state index in [9.17, 15) is 9.59 Å². The van der Waals surface area contributed by atoms with Crippen LogP contribution in [0, 0.1) is 13.8 Å². The van der Waals surface area contributed by atoms with Crippen LogP contribution in [0.1, 0.15) is 50.2 Å².